The zero-order valence-corrected chi connectivity index (χ0v) is 14.1. The summed E-state index contributed by atoms with van der Waals surface area (Å²) < 4.78 is 0. The van der Waals surface area contributed by atoms with Crippen molar-refractivity contribution in [2.24, 2.45) is 0 Å². The summed E-state index contributed by atoms with van der Waals surface area (Å²) in [6.45, 7) is 3.77. The van der Waals surface area contributed by atoms with Crippen LogP contribution in [0.3, 0.4) is 0 Å². The van der Waals surface area contributed by atoms with Crippen LogP contribution in [0.4, 0.5) is 5.69 Å². The number of hydrogen-bond donors (Lipinski definition) is 0. The third-order valence-electron chi connectivity index (χ3n) is 3.77. The van der Waals surface area contributed by atoms with Crippen molar-refractivity contribution in [3.63, 3.8) is 0 Å². The van der Waals surface area contributed by atoms with E-state index >= 15 is 0 Å². The largest absolute Gasteiger partial charge is 0.274 e. The molecule has 2 heterocycles. The second-order valence-corrected chi connectivity index (χ2v) is 6.82. The molecule has 0 radical (unpaired) electrons. The Hall–Kier alpha value is -2.65. The summed E-state index contributed by atoms with van der Waals surface area (Å²) >= 11 is 1.18. The van der Waals surface area contributed by atoms with Crippen molar-refractivity contribution in [1.29, 1.82) is 5.26 Å². The number of benzene rings is 1. The lowest BCUT2D eigenvalue weighted by Crippen LogP contribution is -2.31. The average Bonchev–Trinajstić information content (AvgIpc) is 2.83. The van der Waals surface area contributed by atoms with Crippen molar-refractivity contribution >= 4 is 29.3 Å². The standard InChI is InChI=1S/C18H15N3O2S/c1-11-3-7-14(8-4-11)21-16(22)9-15(18(21)23)24-17-13(10-19)6-5-12(2)20-17/h3-8,15H,9H2,1-2H3. The highest BCUT2D eigenvalue weighted by Crippen LogP contribution is 2.34. The molecule has 0 spiro atoms. The normalized spacial score (nSPS) is 17.2. The van der Waals surface area contributed by atoms with Crippen LogP contribution in [0.15, 0.2) is 41.4 Å². The Morgan fingerprint density at radius 2 is 1.88 bits per heavy atom. The molecule has 1 unspecified atom stereocenters. The molecule has 2 aromatic rings. The van der Waals surface area contributed by atoms with Crippen LogP contribution in [0.25, 0.3) is 0 Å². The number of hydrogen-bond acceptors (Lipinski definition) is 5. The van der Waals surface area contributed by atoms with Gasteiger partial charge >= 0.3 is 0 Å². The maximum atomic E-state index is 12.7. The first-order valence-corrected chi connectivity index (χ1v) is 8.35. The van der Waals surface area contributed by atoms with Gasteiger partial charge in [-0.25, -0.2) is 9.88 Å². The quantitative estimate of drug-likeness (QED) is 0.805. The monoisotopic (exact) mass is 337 g/mol. The topological polar surface area (TPSA) is 74.1 Å². The fraction of sp³-hybridized carbons (Fsp3) is 0.222. The highest BCUT2D eigenvalue weighted by atomic mass is 32.2. The Bertz CT molecular complexity index is 856. The van der Waals surface area contributed by atoms with Gasteiger partial charge in [-0.3, -0.25) is 9.59 Å². The molecule has 1 aromatic carbocycles. The van der Waals surface area contributed by atoms with Gasteiger partial charge in [-0.05, 0) is 38.1 Å². The minimum absolute atomic E-state index is 0.109. The van der Waals surface area contributed by atoms with E-state index in [2.05, 4.69) is 11.1 Å². The molecule has 0 aliphatic carbocycles. The lowest BCUT2D eigenvalue weighted by Gasteiger charge is -2.15. The second kappa shape index (κ2) is 6.46. The van der Waals surface area contributed by atoms with Crippen molar-refractivity contribution in [3.05, 3.63) is 53.2 Å². The maximum absolute atomic E-state index is 12.7. The van der Waals surface area contributed by atoms with Gasteiger partial charge in [-0.15, -0.1) is 0 Å². The summed E-state index contributed by atoms with van der Waals surface area (Å²) in [6.07, 6.45) is 0.109. The van der Waals surface area contributed by atoms with Gasteiger partial charge in [0, 0.05) is 12.1 Å². The summed E-state index contributed by atoms with van der Waals surface area (Å²) in [5.41, 5.74) is 2.83. The number of rotatable bonds is 3. The van der Waals surface area contributed by atoms with Crippen LogP contribution < -0.4 is 4.90 Å². The van der Waals surface area contributed by atoms with Gasteiger partial charge in [0.15, 0.2) is 0 Å². The molecule has 1 atom stereocenters. The summed E-state index contributed by atoms with van der Waals surface area (Å²) in [5.74, 6) is -0.492. The van der Waals surface area contributed by atoms with Crippen molar-refractivity contribution in [1.82, 2.24) is 4.98 Å². The molecule has 0 saturated carbocycles. The van der Waals surface area contributed by atoms with Gasteiger partial charge in [-0.1, -0.05) is 29.5 Å². The zero-order valence-electron chi connectivity index (χ0n) is 13.3. The van der Waals surface area contributed by atoms with E-state index in [0.29, 0.717) is 16.3 Å². The summed E-state index contributed by atoms with van der Waals surface area (Å²) in [4.78, 5) is 30.5. The number of amides is 2. The fourth-order valence-corrected chi connectivity index (χ4v) is 3.64. The Morgan fingerprint density at radius 1 is 1.17 bits per heavy atom. The van der Waals surface area contributed by atoms with E-state index in [1.807, 2.05) is 26.0 Å². The molecule has 0 bridgehead atoms. The molecule has 1 aliphatic heterocycles. The third-order valence-corrected chi connectivity index (χ3v) is 4.96. The SMILES string of the molecule is Cc1ccc(N2C(=O)CC(Sc3nc(C)ccc3C#N)C2=O)cc1. The molecule has 1 saturated heterocycles. The van der Waals surface area contributed by atoms with Gasteiger partial charge < -0.3 is 0 Å². The second-order valence-electron chi connectivity index (χ2n) is 5.63. The van der Waals surface area contributed by atoms with E-state index in [-0.39, 0.29) is 18.2 Å². The molecular weight excluding hydrogens is 322 g/mol. The minimum Gasteiger partial charge on any atom is -0.274 e. The van der Waals surface area contributed by atoms with Crippen molar-refractivity contribution in [2.45, 2.75) is 30.5 Å². The molecule has 5 nitrogen and oxygen atoms in total. The van der Waals surface area contributed by atoms with Crippen LogP contribution in [0.2, 0.25) is 0 Å². The molecule has 24 heavy (non-hydrogen) atoms. The molecule has 6 heteroatoms. The van der Waals surface area contributed by atoms with Crippen LogP contribution >= 0.6 is 11.8 Å². The van der Waals surface area contributed by atoms with Crippen molar-refractivity contribution in [3.8, 4) is 6.07 Å². The van der Waals surface area contributed by atoms with Crippen LogP contribution in [0, 0.1) is 25.2 Å². The first-order chi connectivity index (χ1) is 11.5. The number of aryl methyl sites for hydroxylation is 2. The lowest BCUT2D eigenvalue weighted by molar-refractivity contribution is -0.121. The van der Waals surface area contributed by atoms with Gasteiger partial charge in [0.1, 0.15) is 11.1 Å². The van der Waals surface area contributed by atoms with Crippen LogP contribution in [0.1, 0.15) is 23.2 Å². The van der Waals surface area contributed by atoms with Crippen LogP contribution in [0.5, 0.6) is 0 Å². The Labute approximate surface area is 144 Å². The summed E-state index contributed by atoms with van der Waals surface area (Å²) in [7, 11) is 0. The lowest BCUT2D eigenvalue weighted by atomic mass is 10.2. The highest BCUT2D eigenvalue weighted by Gasteiger charge is 2.40. The molecular formula is C18H15N3O2S. The molecule has 1 aliphatic rings. The smallest absolute Gasteiger partial charge is 0.247 e. The van der Waals surface area contributed by atoms with E-state index in [9.17, 15) is 14.9 Å². The minimum atomic E-state index is -0.555. The predicted molar refractivity (Wildman–Crippen MR) is 91.6 cm³/mol. The first-order valence-electron chi connectivity index (χ1n) is 7.47. The van der Waals surface area contributed by atoms with Crippen molar-refractivity contribution in [2.75, 3.05) is 4.90 Å². The van der Waals surface area contributed by atoms with Crippen LogP contribution in [-0.4, -0.2) is 22.0 Å². The molecule has 120 valence electrons. The molecule has 1 fully saturated rings. The summed E-state index contributed by atoms with van der Waals surface area (Å²) in [5, 5.41) is 9.13. The molecule has 3 rings (SSSR count). The van der Waals surface area contributed by atoms with Crippen LogP contribution in [-0.2, 0) is 9.59 Å². The highest BCUT2D eigenvalue weighted by molar-refractivity contribution is 8.00. The number of thioether (sulfide) groups is 1. The zero-order chi connectivity index (χ0) is 17.3. The Balaban J connectivity index is 1.86. The number of anilines is 1. The van der Waals surface area contributed by atoms with Gasteiger partial charge in [0.25, 0.3) is 0 Å². The van der Waals surface area contributed by atoms with E-state index < -0.39 is 5.25 Å². The molecule has 0 N–H and O–H groups in total. The van der Waals surface area contributed by atoms with E-state index in [1.54, 1.807) is 24.3 Å². The number of carbonyl (C=O) groups excluding carboxylic acids is 2. The predicted octanol–water partition coefficient (Wildman–Crippen LogP) is 2.99. The number of pyridine rings is 1. The Morgan fingerprint density at radius 3 is 2.54 bits per heavy atom. The van der Waals surface area contributed by atoms with Gasteiger partial charge in [0.2, 0.25) is 11.8 Å². The van der Waals surface area contributed by atoms with Crippen molar-refractivity contribution < 1.29 is 9.59 Å². The van der Waals surface area contributed by atoms with E-state index in [0.717, 1.165) is 11.3 Å². The third kappa shape index (κ3) is 3.03. The Kier molecular flexibility index (Phi) is 4.36. The number of carbonyl (C=O) groups is 2. The number of nitrogens with zero attached hydrogens (tertiary/aromatic N) is 3. The molecule has 1 aromatic heterocycles. The van der Waals surface area contributed by atoms with Gasteiger partial charge in [-0.2, -0.15) is 5.26 Å². The number of aromatic nitrogens is 1. The van der Waals surface area contributed by atoms with Gasteiger partial charge in [0.05, 0.1) is 16.5 Å². The van der Waals surface area contributed by atoms with E-state index in [4.69, 9.17) is 0 Å². The number of nitriles is 1. The fourth-order valence-electron chi connectivity index (χ4n) is 2.50. The first kappa shape index (κ1) is 16.2. The maximum Gasteiger partial charge on any atom is 0.247 e. The summed E-state index contributed by atoms with van der Waals surface area (Å²) in [6, 6.07) is 12.8. The van der Waals surface area contributed by atoms with E-state index in [1.165, 1.54) is 16.7 Å². The number of imide groups is 1. The average molecular weight is 337 g/mol. The molecule has 2 amide bonds.